The third kappa shape index (κ3) is 35.0. The van der Waals surface area contributed by atoms with Crippen molar-refractivity contribution in [1.29, 1.82) is 0 Å². The summed E-state index contributed by atoms with van der Waals surface area (Å²) >= 11 is 0. The average Bonchev–Trinajstić information content (AvgIpc) is 3.28. The Balaban J connectivity index is 2.77. The molecule has 69 heavy (non-hydrogen) atoms. The molecule has 6 unspecified atom stereocenters. The van der Waals surface area contributed by atoms with Crippen molar-refractivity contribution in [2.45, 2.75) is 224 Å². The van der Waals surface area contributed by atoms with Crippen LogP contribution in [0.3, 0.4) is 0 Å². The van der Waals surface area contributed by atoms with E-state index >= 15 is 0 Å². The molecule has 1 saturated carbocycles. The van der Waals surface area contributed by atoms with Gasteiger partial charge in [0.1, 0.15) is 43.2 Å². The van der Waals surface area contributed by atoms with E-state index in [0.29, 0.717) is 25.7 Å². The topological polar surface area (TPSA) is 303 Å². The van der Waals surface area contributed by atoms with Crippen LogP contribution in [0.1, 0.15) is 181 Å². The molecule has 0 aliphatic heterocycles. The standard InChI is InChI=1S/C47H85O19P3/c1-3-5-7-9-11-13-15-17-19-20-22-24-26-28-30-32-34-36-41(49)63-39(37-61-40(48)35-33-31-29-27-25-23-21-18-16-14-12-10-8-6-4-2)38-62-69(59,60)66-47-43(51)45(64-67(53,54)55)42(50)46(44(47)52)65-68(56,57)58/h11,13,17,19,22,24,28,30,39,42-47,50-52H,3-10,12,14-16,18,20-21,23,25-27,29,31-38H2,1-2H3,(H,59,60)(H2,53,54,55)(H2,56,57,58)/b13-11+,19-17+,24-22+,30-28+. The van der Waals surface area contributed by atoms with Crippen LogP contribution in [0.25, 0.3) is 0 Å². The van der Waals surface area contributed by atoms with E-state index in [1.165, 1.54) is 83.5 Å². The Labute approximate surface area is 410 Å². The molecule has 0 radical (unpaired) electrons. The SMILES string of the molecule is CCCCC/C=C/C/C=C/C/C=C/C/C=C/CCCC(=O)OC(COC(=O)CCCCCCCCCCCCCCCCC)COP(=O)(O)OC1C(O)C(OP(=O)(O)O)C(O)C(OP(=O)(O)O)C1O. The van der Waals surface area contributed by atoms with E-state index in [1.807, 2.05) is 18.2 Å². The van der Waals surface area contributed by atoms with Crippen molar-refractivity contribution in [3.8, 4) is 0 Å². The summed E-state index contributed by atoms with van der Waals surface area (Å²) in [6.45, 7) is 2.86. The summed E-state index contributed by atoms with van der Waals surface area (Å²) in [5.41, 5.74) is 0. The van der Waals surface area contributed by atoms with Gasteiger partial charge in [0.25, 0.3) is 0 Å². The van der Waals surface area contributed by atoms with Crippen LogP contribution in [-0.2, 0) is 50.9 Å². The molecule has 402 valence electrons. The summed E-state index contributed by atoms with van der Waals surface area (Å²) in [7, 11) is -16.6. The minimum absolute atomic E-state index is 0.0649. The van der Waals surface area contributed by atoms with Gasteiger partial charge in [0.2, 0.25) is 0 Å². The van der Waals surface area contributed by atoms with Crippen LogP contribution in [0.4, 0.5) is 0 Å². The Morgan fingerprint density at radius 2 is 0.826 bits per heavy atom. The summed E-state index contributed by atoms with van der Waals surface area (Å²) < 4.78 is 65.5. The number of allylic oxidation sites excluding steroid dienone is 8. The lowest BCUT2D eigenvalue weighted by molar-refractivity contribution is -0.213. The fourth-order valence-corrected chi connectivity index (χ4v) is 9.51. The summed E-state index contributed by atoms with van der Waals surface area (Å²) in [5.74, 6) is -1.37. The fraction of sp³-hybridized carbons (Fsp3) is 0.787. The van der Waals surface area contributed by atoms with E-state index in [1.54, 1.807) is 0 Å². The van der Waals surface area contributed by atoms with Gasteiger partial charge in [0.05, 0.1) is 6.61 Å². The van der Waals surface area contributed by atoms with Gasteiger partial charge in [0.15, 0.2) is 6.10 Å². The molecule has 6 atom stereocenters. The average molecular weight is 1050 g/mol. The van der Waals surface area contributed by atoms with E-state index in [9.17, 15) is 63.1 Å². The van der Waals surface area contributed by atoms with Crippen LogP contribution in [0, 0.1) is 0 Å². The van der Waals surface area contributed by atoms with Gasteiger partial charge in [-0.3, -0.25) is 27.7 Å². The van der Waals surface area contributed by atoms with Gasteiger partial charge >= 0.3 is 35.4 Å². The van der Waals surface area contributed by atoms with Crippen LogP contribution >= 0.6 is 23.5 Å². The lowest BCUT2D eigenvalue weighted by Crippen LogP contribution is -2.65. The number of hydrogen-bond donors (Lipinski definition) is 8. The van der Waals surface area contributed by atoms with Gasteiger partial charge in [-0.05, 0) is 51.4 Å². The number of esters is 2. The third-order valence-corrected chi connectivity index (χ3v) is 13.2. The number of aliphatic hydroxyl groups excluding tert-OH is 3. The van der Waals surface area contributed by atoms with Crippen molar-refractivity contribution >= 4 is 35.4 Å². The molecule has 0 bridgehead atoms. The number of phosphoric acid groups is 3. The van der Waals surface area contributed by atoms with Gasteiger partial charge in [-0.2, -0.15) is 0 Å². The number of carbonyl (C=O) groups excluding carboxylic acids is 2. The zero-order valence-corrected chi connectivity index (χ0v) is 43.6. The van der Waals surface area contributed by atoms with Gasteiger partial charge in [-0.15, -0.1) is 0 Å². The molecule has 0 heterocycles. The molecule has 1 rings (SSSR count). The molecule has 1 aliphatic carbocycles. The van der Waals surface area contributed by atoms with Crippen molar-refractivity contribution in [2.24, 2.45) is 0 Å². The Kier molecular flexibility index (Phi) is 36.5. The molecule has 1 aliphatic rings. The molecule has 8 N–H and O–H groups in total. The van der Waals surface area contributed by atoms with E-state index in [0.717, 1.165) is 44.9 Å². The quantitative estimate of drug-likeness (QED) is 0.0122. The number of aliphatic hydroxyl groups is 3. The molecule has 0 aromatic heterocycles. The van der Waals surface area contributed by atoms with Gasteiger partial charge < -0.3 is 49.3 Å². The summed E-state index contributed by atoms with van der Waals surface area (Å²) in [4.78, 5) is 73.3. The van der Waals surface area contributed by atoms with E-state index in [2.05, 4.69) is 53.3 Å². The molecule has 0 amide bonds. The van der Waals surface area contributed by atoms with Crippen LogP contribution in [-0.4, -0.2) is 108 Å². The van der Waals surface area contributed by atoms with Crippen molar-refractivity contribution < 1.29 is 90.6 Å². The van der Waals surface area contributed by atoms with Gasteiger partial charge in [-0.1, -0.05) is 165 Å². The first kappa shape index (κ1) is 65.1. The number of ether oxygens (including phenoxy) is 2. The second-order valence-electron chi connectivity index (χ2n) is 17.4. The van der Waals surface area contributed by atoms with Gasteiger partial charge in [0, 0.05) is 12.8 Å². The highest BCUT2D eigenvalue weighted by atomic mass is 31.2. The maximum absolute atomic E-state index is 13.2. The number of hydrogen-bond acceptors (Lipinski definition) is 14. The summed E-state index contributed by atoms with van der Waals surface area (Å²) in [5, 5.41) is 31.9. The van der Waals surface area contributed by atoms with Crippen LogP contribution in [0.5, 0.6) is 0 Å². The largest absolute Gasteiger partial charge is 0.472 e. The minimum Gasteiger partial charge on any atom is -0.462 e. The summed E-state index contributed by atoms with van der Waals surface area (Å²) in [6, 6.07) is 0. The van der Waals surface area contributed by atoms with Crippen molar-refractivity contribution in [1.82, 2.24) is 0 Å². The maximum Gasteiger partial charge on any atom is 0.472 e. The number of rotatable bonds is 42. The normalized spacial score (nSPS) is 21.7. The molecule has 22 heteroatoms. The smallest absolute Gasteiger partial charge is 0.462 e. The van der Waals surface area contributed by atoms with Crippen LogP contribution in [0.15, 0.2) is 48.6 Å². The van der Waals surface area contributed by atoms with E-state index < -0.39 is 91.3 Å². The Bertz CT molecular complexity index is 1590. The van der Waals surface area contributed by atoms with Crippen molar-refractivity contribution in [2.75, 3.05) is 13.2 Å². The molecular formula is C47H85O19P3. The number of phosphoric ester groups is 3. The highest BCUT2D eigenvalue weighted by Crippen LogP contribution is 2.51. The van der Waals surface area contributed by atoms with E-state index in [4.69, 9.17) is 18.5 Å². The predicted octanol–water partition coefficient (Wildman–Crippen LogP) is 9.40. The highest BCUT2D eigenvalue weighted by Gasteiger charge is 2.56. The third-order valence-electron chi connectivity index (χ3n) is 11.1. The second kappa shape index (κ2) is 38.7. The molecular weight excluding hydrogens is 961 g/mol. The molecule has 0 aromatic rings. The lowest BCUT2D eigenvalue weighted by Gasteiger charge is -2.44. The van der Waals surface area contributed by atoms with Gasteiger partial charge in [-0.25, -0.2) is 13.7 Å². The van der Waals surface area contributed by atoms with Crippen LogP contribution in [0.2, 0.25) is 0 Å². The first-order chi connectivity index (χ1) is 32.8. The Hall–Kier alpha value is -1.89. The first-order valence-corrected chi connectivity index (χ1v) is 29.5. The molecule has 0 saturated heterocycles. The molecule has 1 fully saturated rings. The van der Waals surface area contributed by atoms with Crippen molar-refractivity contribution in [3.05, 3.63) is 48.6 Å². The Morgan fingerprint density at radius 3 is 1.26 bits per heavy atom. The minimum atomic E-state index is -5.56. The molecule has 0 spiro atoms. The highest BCUT2D eigenvalue weighted by molar-refractivity contribution is 7.47. The second-order valence-corrected chi connectivity index (χ2v) is 21.2. The number of unbranched alkanes of at least 4 members (excludes halogenated alkanes) is 18. The zero-order chi connectivity index (χ0) is 51.4. The zero-order valence-electron chi connectivity index (χ0n) is 40.9. The Morgan fingerprint density at radius 1 is 0.464 bits per heavy atom. The fourth-order valence-electron chi connectivity index (χ4n) is 7.40. The lowest BCUT2D eigenvalue weighted by atomic mass is 9.85. The van der Waals surface area contributed by atoms with E-state index in [-0.39, 0.29) is 12.8 Å². The first-order valence-electron chi connectivity index (χ1n) is 24.9. The summed E-state index contributed by atoms with van der Waals surface area (Å²) in [6.07, 6.45) is 25.5. The molecule has 19 nitrogen and oxygen atoms in total. The maximum atomic E-state index is 13.2. The van der Waals surface area contributed by atoms with Crippen LogP contribution < -0.4 is 0 Å². The van der Waals surface area contributed by atoms with Crippen molar-refractivity contribution in [3.63, 3.8) is 0 Å². The molecule has 0 aromatic carbocycles. The monoisotopic (exact) mass is 1050 g/mol. The predicted molar refractivity (Wildman–Crippen MR) is 261 cm³/mol. The number of carbonyl (C=O) groups is 2.